The minimum absolute atomic E-state index is 0.0751. The smallest absolute Gasteiger partial charge is 0.326 e. The maximum atomic E-state index is 12.0. The fraction of sp³-hybridized carbons (Fsp3) is 0.176. The number of hydrogen-bond acceptors (Lipinski definition) is 5. The Morgan fingerprint density at radius 2 is 1.96 bits per heavy atom. The summed E-state index contributed by atoms with van der Waals surface area (Å²) >= 11 is 0. The zero-order valence-corrected chi connectivity index (χ0v) is 14.5. The van der Waals surface area contributed by atoms with Gasteiger partial charge in [0.15, 0.2) is 5.78 Å². The second-order valence-corrected chi connectivity index (χ2v) is 7.15. The van der Waals surface area contributed by atoms with Gasteiger partial charge in [-0.25, -0.2) is 9.03 Å². The van der Waals surface area contributed by atoms with Crippen LogP contribution in [0.5, 0.6) is 5.75 Å². The maximum Gasteiger partial charge on any atom is 0.326 e. The van der Waals surface area contributed by atoms with E-state index >= 15 is 0 Å². The van der Waals surface area contributed by atoms with Crippen LogP contribution in [-0.4, -0.2) is 33.8 Å². The zero-order valence-electron chi connectivity index (χ0n) is 13.6. The van der Waals surface area contributed by atoms with Gasteiger partial charge in [0.1, 0.15) is 12.3 Å². The van der Waals surface area contributed by atoms with Crippen molar-refractivity contribution in [2.45, 2.75) is 6.92 Å². The van der Waals surface area contributed by atoms with Crippen LogP contribution in [0.25, 0.3) is 11.1 Å². The van der Waals surface area contributed by atoms with Crippen molar-refractivity contribution in [1.82, 2.24) is 4.72 Å². The highest BCUT2D eigenvalue weighted by Gasteiger charge is 2.34. The Hall–Kier alpha value is -2.87. The number of carbonyl (C=O) groups excluding carboxylic acids is 2. The Morgan fingerprint density at radius 3 is 2.56 bits per heavy atom. The third-order valence-corrected chi connectivity index (χ3v) is 5.28. The number of ether oxygens (including phenoxy) is 1. The summed E-state index contributed by atoms with van der Waals surface area (Å²) in [6, 6.07) is 11.8. The van der Waals surface area contributed by atoms with Crippen LogP contribution in [0.1, 0.15) is 17.3 Å². The summed E-state index contributed by atoms with van der Waals surface area (Å²) in [5.74, 6) is -0.134. The summed E-state index contributed by atoms with van der Waals surface area (Å²) in [4.78, 5) is 23.1. The molecular formula is C17H16N2O5S. The van der Waals surface area contributed by atoms with E-state index in [9.17, 15) is 18.0 Å². The Balaban J connectivity index is 2.12. The van der Waals surface area contributed by atoms with Gasteiger partial charge in [0.25, 0.3) is 5.91 Å². The Morgan fingerprint density at radius 1 is 1.20 bits per heavy atom. The summed E-state index contributed by atoms with van der Waals surface area (Å²) in [5.41, 5.74) is 2.21. The molecule has 1 aliphatic heterocycles. The lowest BCUT2D eigenvalue weighted by Crippen LogP contribution is -2.29. The molecule has 0 spiro atoms. The van der Waals surface area contributed by atoms with Crippen LogP contribution in [0.3, 0.4) is 0 Å². The van der Waals surface area contributed by atoms with Gasteiger partial charge < -0.3 is 4.74 Å². The van der Waals surface area contributed by atoms with Crippen molar-refractivity contribution in [2.75, 3.05) is 18.0 Å². The van der Waals surface area contributed by atoms with Crippen LogP contribution in [0.15, 0.2) is 42.5 Å². The molecular weight excluding hydrogens is 344 g/mol. The van der Waals surface area contributed by atoms with E-state index in [1.165, 1.54) is 14.0 Å². The molecule has 1 saturated heterocycles. The standard InChI is InChI=1S/C17H16N2O5S/c1-11(20)12-4-3-5-13(8-12)15-9-14(6-7-16(15)24-2)19-10-17(21)18-25(19,22)23/h3-9H,10H2,1-2H3,(H,18,21). The number of ketones is 1. The van der Waals surface area contributed by atoms with Crippen LogP contribution in [0, 0.1) is 0 Å². The number of carbonyl (C=O) groups is 2. The molecule has 0 atom stereocenters. The van der Waals surface area contributed by atoms with Crippen molar-refractivity contribution in [2.24, 2.45) is 0 Å². The number of Topliss-reactive ketones (excluding diaryl/α,β-unsaturated/α-hetero) is 1. The van der Waals surface area contributed by atoms with Crippen molar-refractivity contribution in [3.63, 3.8) is 0 Å². The van der Waals surface area contributed by atoms with E-state index in [0.29, 0.717) is 28.1 Å². The van der Waals surface area contributed by atoms with Gasteiger partial charge in [-0.05, 0) is 36.8 Å². The summed E-state index contributed by atoms with van der Waals surface area (Å²) in [6.45, 7) is 1.20. The van der Waals surface area contributed by atoms with Crippen molar-refractivity contribution in [3.8, 4) is 16.9 Å². The van der Waals surface area contributed by atoms with E-state index < -0.39 is 16.1 Å². The maximum absolute atomic E-state index is 12.0. The first-order valence-electron chi connectivity index (χ1n) is 7.44. The number of hydrogen-bond donors (Lipinski definition) is 1. The van der Waals surface area contributed by atoms with Crippen LogP contribution >= 0.6 is 0 Å². The molecule has 1 heterocycles. The Bertz CT molecular complexity index is 969. The number of nitrogens with one attached hydrogen (secondary N) is 1. The average Bonchev–Trinajstić information content (AvgIpc) is 2.86. The summed E-state index contributed by atoms with van der Waals surface area (Å²) in [7, 11) is -2.39. The van der Waals surface area contributed by atoms with Gasteiger partial charge in [0, 0.05) is 11.1 Å². The molecule has 1 aliphatic rings. The molecule has 0 aromatic heterocycles. The third kappa shape index (κ3) is 3.20. The molecule has 0 radical (unpaired) electrons. The predicted octanol–water partition coefficient (Wildman–Crippen LogP) is 1.75. The van der Waals surface area contributed by atoms with Crippen LogP contribution < -0.4 is 13.8 Å². The van der Waals surface area contributed by atoms with E-state index in [-0.39, 0.29) is 12.3 Å². The van der Waals surface area contributed by atoms with Crippen LogP contribution in [-0.2, 0) is 15.0 Å². The molecule has 7 nitrogen and oxygen atoms in total. The molecule has 1 fully saturated rings. The molecule has 2 aromatic rings. The number of amides is 1. The molecule has 130 valence electrons. The van der Waals surface area contributed by atoms with Crippen molar-refractivity contribution < 1.29 is 22.7 Å². The number of methoxy groups -OCH3 is 1. The number of benzene rings is 2. The zero-order chi connectivity index (χ0) is 18.2. The minimum Gasteiger partial charge on any atom is -0.496 e. The molecule has 1 N–H and O–H groups in total. The average molecular weight is 360 g/mol. The monoisotopic (exact) mass is 360 g/mol. The number of rotatable bonds is 4. The van der Waals surface area contributed by atoms with E-state index in [1.807, 2.05) is 4.72 Å². The lowest BCUT2D eigenvalue weighted by atomic mass is 10.00. The molecule has 0 saturated carbocycles. The second kappa shape index (κ2) is 6.21. The van der Waals surface area contributed by atoms with E-state index in [0.717, 1.165) is 4.31 Å². The second-order valence-electron chi connectivity index (χ2n) is 5.56. The molecule has 0 aliphatic carbocycles. The lowest BCUT2D eigenvalue weighted by molar-refractivity contribution is -0.117. The van der Waals surface area contributed by atoms with E-state index in [2.05, 4.69) is 0 Å². The van der Waals surface area contributed by atoms with Gasteiger partial charge in [-0.15, -0.1) is 0 Å². The van der Waals surface area contributed by atoms with Gasteiger partial charge in [0.05, 0.1) is 12.8 Å². The van der Waals surface area contributed by atoms with Crippen molar-refractivity contribution in [3.05, 3.63) is 48.0 Å². The van der Waals surface area contributed by atoms with Gasteiger partial charge in [-0.1, -0.05) is 18.2 Å². The lowest BCUT2D eigenvalue weighted by Gasteiger charge is -2.17. The molecule has 25 heavy (non-hydrogen) atoms. The molecule has 1 amide bonds. The fourth-order valence-corrected chi connectivity index (χ4v) is 3.80. The highest BCUT2D eigenvalue weighted by atomic mass is 32.2. The number of anilines is 1. The fourth-order valence-electron chi connectivity index (χ4n) is 2.66. The summed E-state index contributed by atoms with van der Waals surface area (Å²) in [6.07, 6.45) is 0. The molecule has 8 heteroatoms. The topological polar surface area (TPSA) is 92.8 Å². The Kier molecular flexibility index (Phi) is 4.22. The SMILES string of the molecule is COc1ccc(N2CC(=O)NS2(=O)=O)cc1-c1cccc(C(C)=O)c1. The summed E-state index contributed by atoms with van der Waals surface area (Å²) < 4.78 is 32.4. The quantitative estimate of drug-likeness (QED) is 0.839. The van der Waals surface area contributed by atoms with Gasteiger partial charge in [0.2, 0.25) is 0 Å². The Labute approximate surface area is 145 Å². The first-order valence-corrected chi connectivity index (χ1v) is 8.88. The van der Waals surface area contributed by atoms with E-state index in [4.69, 9.17) is 4.74 Å². The van der Waals surface area contributed by atoms with E-state index in [1.54, 1.807) is 42.5 Å². The van der Waals surface area contributed by atoms with Crippen LogP contribution in [0.2, 0.25) is 0 Å². The number of nitrogens with zero attached hydrogens (tertiary/aromatic N) is 1. The first kappa shape index (κ1) is 17.0. The molecule has 0 unspecified atom stereocenters. The molecule has 0 bridgehead atoms. The molecule has 2 aromatic carbocycles. The first-order chi connectivity index (χ1) is 11.8. The van der Waals surface area contributed by atoms with Gasteiger partial charge in [-0.2, -0.15) is 8.42 Å². The largest absolute Gasteiger partial charge is 0.496 e. The highest BCUT2D eigenvalue weighted by molar-refractivity contribution is 7.92. The predicted molar refractivity (Wildman–Crippen MR) is 92.8 cm³/mol. The normalized spacial score (nSPS) is 15.8. The highest BCUT2D eigenvalue weighted by Crippen LogP contribution is 2.35. The summed E-state index contributed by atoms with van der Waals surface area (Å²) in [5, 5.41) is 0. The van der Waals surface area contributed by atoms with Crippen molar-refractivity contribution in [1.29, 1.82) is 0 Å². The molecule has 3 rings (SSSR count). The van der Waals surface area contributed by atoms with Gasteiger partial charge in [-0.3, -0.25) is 9.59 Å². The van der Waals surface area contributed by atoms with Gasteiger partial charge >= 0.3 is 10.2 Å². The van der Waals surface area contributed by atoms with Crippen LogP contribution in [0.4, 0.5) is 5.69 Å². The third-order valence-electron chi connectivity index (χ3n) is 3.87. The minimum atomic E-state index is -3.89. The van der Waals surface area contributed by atoms with Crippen molar-refractivity contribution >= 4 is 27.6 Å².